The lowest BCUT2D eigenvalue weighted by Crippen LogP contribution is -2.27. The van der Waals surface area contributed by atoms with Gasteiger partial charge in [0.05, 0.1) is 17.3 Å². The molecule has 0 bridgehead atoms. The highest BCUT2D eigenvalue weighted by Gasteiger charge is 2.22. The summed E-state index contributed by atoms with van der Waals surface area (Å²) in [5.41, 5.74) is 9.54. The number of pyridine rings is 1. The molecule has 0 spiro atoms. The van der Waals surface area contributed by atoms with Gasteiger partial charge in [0.25, 0.3) is 0 Å². The van der Waals surface area contributed by atoms with E-state index in [9.17, 15) is 4.79 Å². The van der Waals surface area contributed by atoms with Crippen LogP contribution in [0.15, 0.2) is 89.6 Å². The summed E-state index contributed by atoms with van der Waals surface area (Å²) < 4.78 is 0. The van der Waals surface area contributed by atoms with E-state index in [0.29, 0.717) is 17.4 Å². The third kappa shape index (κ3) is 4.99. The first kappa shape index (κ1) is 20.4. The molecule has 0 fully saturated rings. The predicted octanol–water partition coefficient (Wildman–Crippen LogP) is 3.88. The molecular formula is C23H21N6OS+. The summed E-state index contributed by atoms with van der Waals surface area (Å²) in [5, 5.41) is 12.5. The average molecular weight is 430 g/mol. The van der Waals surface area contributed by atoms with E-state index >= 15 is 0 Å². The quantitative estimate of drug-likeness (QED) is 0.370. The van der Waals surface area contributed by atoms with Crippen LogP contribution in [-0.2, 0) is 4.79 Å². The zero-order chi connectivity index (χ0) is 21.5. The Labute approximate surface area is 183 Å². The first-order chi connectivity index (χ1) is 15.2. The monoisotopic (exact) mass is 429 g/mol. The fraction of sp³-hybridized carbons (Fsp3) is 0.0870. The third-order valence-corrected chi connectivity index (χ3v) is 5.53. The molecule has 8 heteroatoms. The second-order valence-electron chi connectivity index (χ2n) is 6.75. The van der Waals surface area contributed by atoms with Crippen molar-refractivity contribution in [3.05, 3.63) is 90.1 Å². The van der Waals surface area contributed by atoms with E-state index in [1.165, 1.54) is 11.3 Å². The van der Waals surface area contributed by atoms with Crippen molar-refractivity contribution in [2.24, 2.45) is 5.11 Å². The summed E-state index contributed by atoms with van der Waals surface area (Å²) >= 11 is 1.39. The summed E-state index contributed by atoms with van der Waals surface area (Å²) in [6.45, 7) is 0.380. The first-order valence-corrected chi connectivity index (χ1v) is 10.6. The van der Waals surface area contributed by atoms with Crippen molar-refractivity contribution in [2.75, 3.05) is 17.2 Å². The van der Waals surface area contributed by atoms with E-state index in [0.717, 1.165) is 22.5 Å². The molecule has 7 nitrogen and oxygen atoms in total. The van der Waals surface area contributed by atoms with Crippen molar-refractivity contribution < 1.29 is 10.3 Å². The van der Waals surface area contributed by atoms with Gasteiger partial charge in [0, 0.05) is 29.9 Å². The van der Waals surface area contributed by atoms with Crippen LogP contribution in [-0.4, -0.2) is 22.4 Å². The topological polar surface area (TPSA) is 105 Å². The minimum absolute atomic E-state index is 0.142. The second kappa shape index (κ2) is 9.73. The number of hydrogen-bond acceptors (Lipinski definition) is 6. The number of amides is 1. The Balaban J connectivity index is 1.52. The van der Waals surface area contributed by atoms with E-state index in [1.807, 2.05) is 72.1 Å². The van der Waals surface area contributed by atoms with Gasteiger partial charge in [-0.3, -0.25) is 9.78 Å². The molecule has 0 saturated carbocycles. The average Bonchev–Trinajstić information content (AvgIpc) is 3.29. The number of nitrogens with zero attached hydrogens (tertiary/aromatic N) is 3. The van der Waals surface area contributed by atoms with Gasteiger partial charge < -0.3 is 10.6 Å². The van der Waals surface area contributed by atoms with Gasteiger partial charge in [0.15, 0.2) is 10.8 Å². The number of anilines is 2. The van der Waals surface area contributed by atoms with Gasteiger partial charge in [-0.2, -0.15) is 5.53 Å². The number of thiazole rings is 1. The lowest BCUT2D eigenvalue weighted by molar-refractivity contribution is -0.210. The number of carbonyl (C=O) groups is 1. The zero-order valence-electron chi connectivity index (χ0n) is 16.6. The van der Waals surface area contributed by atoms with Crippen molar-refractivity contribution in [1.82, 2.24) is 9.97 Å². The van der Waals surface area contributed by atoms with E-state index in [4.69, 9.17) is 5.53 Å². The molecular weight excluding hydrogens is 408 g/mol. The zero-order valence-corrected chi connectivity index (χ0v) is 17.4. The fourth-order valence-electron chi connectivity index (χ4n) is 3.17. The van der Waals surface area contributed by atoms with Gasteiger partial charge in [-0.05, 0) is 34.9 Å². The number of nitrogens with one attached hydrogen (secondary N) is 2. The number of hydrogen-bond donors (Lipinski definition) is 3. The van der Waals surface area contributed by atoms with E-state index in [1.54, 1.807) is 12.4 Å². The molecule has 4 N–H and O–H groups in total. The highest BCUT2D eigenvalue weighted by Crippen LogP contribution is 2.27. The molecule has 31 heavy (non-hydrogen) atoms. The Morgan fingerprint density at radius 1 is 1.03 bits per heavy atom. The summed E-state index contributed by atoms with van der Waals surface area (Å²) in [6.07, 6.45) is 3.44. The number of rotatable bonds is 8. The van der Waals surface area contributed by atoms with Crippen molar-refractivity contribution >= 4 is 33.8 Å². The van der Waals surface area contributed by atoms with Gasteiger partial charge in [-0.1, -0.05) is 42.5 Å². The maximum atomic E-state index is 13.2. The smallest absolute Gasteiger partial charge is 0.235 e. The van der Waals surface area contributed by atoms with Crippen LogP contribution in [0.5, 0.6) is 0 Å². The minimum Gasteiger partial charge on any atom is -0.382 e. The molecule has 4 rings (SSSR count). The van der Waals surface area contributed by atoms with Gasteiger partial charge in [-0.25, -0.2) is 4.98 Å². The number of carbonyl (C=O) groups excluding carboxylic acids is 1. The molecule has 2 aromatic carbocycles. The number of para-hydroxylation sites is 1. The highest BCUT2D eigenvalue weighted by molar-refractivity contribution is 7.14. The maximum absolute atomic E-state index is 13.2. The van der Waals surface area contributed by atoms with Crippen molar-refractivity contribution in [2.45, 2.75) is 5.92 Å². The van der Waals surface area contributed by atoms with E-state index in [-0.39, 0.29) is 5.91 Å². The van der Waals surface area contributed by atoms with Crippen LogP contribution in [0.3, 0.4) is 0 Å². The minimum atomic E-state index is -0.430. The predicted molar refractivity (Wildman–Crippen MR) is 122 cm³/mol. The largest absolute Gasteiger partial charge is 0.382 e. The van der Waals surface area contributed by atoms with E-state index in [2.05, 4.69) is 25.7 Å². The van der Waals surface area contributed by atoms with Crippen molar-refractivity contribution in [1.29, 1.82) is 0 Å². The molecule has 0 radical (unpaired) electrons. The van der Waals surface area contributed by atoms with Crippen LogP contribution in [0.2, 0.25) is 0 Å². The SMILES string of the molecule is [NH2+]=Nc1ccccc1NCC(C(=O)Nc1nc(-c2ccncc2)cs1)c1ccccc1. The summed E-state index contributed by atoms with van der Waals surface area (Å²) in [5.74, 6) is -0.572. The Morgan fingerprint density at radius 2 is 1.77 bits per heavy atom. The van der Waals surface area contributed by atoms with Crippen molar-refractivity contribution in [3.63, 3.8) is 0 Å². The Bertz CT molecular complexity index is 1160. The van der Waals surface area contributed by atoms with Crippen molar-refractivity contribution in [3.8, 4) is 11.3 Å². The lowest BCUT2D eigenvalue weighted by atomic mass is 9.98. The van der Waals surface area contributed by atoms with Gasteiger partial charge in [-0.15, -0.1) is 11.3 Å². The Morgan fingerprint density at radius 3 is 2.55 bits per heavy atom. The molecule has 154 valence electrons. The van der Waals surface area contributed by atoms with Crippen LogP contribution in [0.1, 0.15) is 11.5 Å². The lowest BCUT2D eigenvalue weighted by Gasteiger charge is -2.18. The second-order valence-corrected chi connectivity index (χ2v) is 7.61. The summed E-state index contributed by atoms with van der Waals surface area (Å²) in [7, 11) is 0. The molecule has 1 amide bonds. The molecule has 1 unspecified atom stereocenters. The van der Waals surface area contributed by atoms with Crippen LogP contribution < -0.4 is 16.2 Å². The number of benzene rings is 2. The standard InChI is InChI=1S/C23H20N6OS/c24-29-20-9-5-4-8-19(20)26-14-18(16-6-2-1-3-7-16)22(30)28-23-27-21(15-31-23)17-10-12-25-13-11-17/h1-13,15,18,24,26H,14H2,(H,27,28,30)/p+1. The van der Waals surface area contributed by atoms with Gasteiger partial charge in [0.2, 0.25) is 5.91 Å². The van der Waals surface area contributed by atoms with E-state index < -0.39 is 5.92 Å². The van der Waals surface area contributed by atoms with Gasteiger partial charge >= 0.3 is 0 Å². The maximum Gasteiger partial charge on any atom is 0.235 e. The molecule has 0 saturated heterocycles. The Hall–Kier alpha value is -3.91. The molecule has 2 aromatic heterocycles. The summed E-state index contributed by atoms with van der Waals surface area (Å²) in [6, 6.07) is 20.9. The third-order valence-electron chi connectivity index (χ3n) is 4.77. The fourth-order valence-corrected chi connectivity index (χ4v) is 3.90. The molecule has 0 aliphatic rings. The molecule has 1 atom stereocenters. The van der Waals surface area contributed by atoms with Crippen LogP contribution in [0, 0.1) is 0 Å². The van der Waals surface area contributed by atoms with Crippen LogP contribution in [0.25, 0.3) is 11.3 Å². The van der Waals surface area contributed by atoms with Crippen LogP contribution >= 0.6 is 11.3 Å². The molecule has 2 heterocycles. The number of aromatic nitrogens is 2. The molecule has 0 aliphatic heterocycles. The first-order valence-electron chi connectivity index (χ1n) is 9.70. The summed E-state index contributed by atoms with van der Waals surface area (Å²) in [4.78, 5) is 21.8. The molecule has 4 aromatic rings. The molecule has 0 aliphatic carbocycles. The van der Waals surface area contributed by atoms with Gasteiger partial charge in [0.1, 0.15) is 0 Å². The number of nitrogens with two attached hydrogens (primary N) is 1. The Kier molecular flexibility index (Phi) is 6.39. The van der Waals surface area contributed by atoms with Crippen LogP contribution in [0.4, 0.5) is 16.5 Å². The highest BCUT2D eigenvalue weighted by atomic mass is 32.1. The normalized spacial score (nSPS) is 11.5.